The minimum atomic E-state index is -0.139. The molecule has 0 saturated heterocycles. The molecule has 5 heteroatoms. The first-order valence-corrected chi connectivity index (χ1v) is 6.32. The zero-order chi connectivity index (χ0) is 13.4. The summed E-state index contributed by atoms with van der Waals surface area (Å²) in [6, 6.07) is 5.27. The molecule has 0 spiro atoms. The van der Waals surface area contributed by atoms with Crippen LogP contribution in [0.2, 0.25) is 0 Å². The van der Waals surface area contributed by atoms with Gasteiger partial charge in [0.25, 0.3) is 5.91 Å². The second kappa shape index (κ2) is 7.76. The van der Waals surface area contributed by atoms with Crippen LogP contribution < -0.4 is 10.1 Å². The molecule has 1 rings (SSSR count). The van der Waals surface area contributed by atoms with E-state index in [0.29, 0.717) is 24.5 Å². The monoisotopic (exact) mass is 313 g/mol. The van der Waals surface area contributed by atoms with Crippen LogP contribution in [0, 0.1) is 0 Å². The molecule has 98 valence electrons. The third kappa shape index (κ3) is 4.41. The van der Waals surface area contributed by atoms with Gasteiger partial charge in [-0.1, -0.05) is 6.58 Å². The first-order valence-electron chi connectivity index (χ1n) is 5.53. The minimum absolute atomic E-state index is 0.139. The van der Waals surface area contributed by atoms with E-state index in [-0.39, 0.29) is 5.91 Å². The summed E-state index contributed by atoms with van der Waals surface area (Å²) in [4.78, 5) is 11.9. The minimum Gasteiger partial charge on any atom is -0.502 e. The van der Waals surface area contributed by atoms with E-state index in [1.54, 1.807) is 25.3 Å². The smallest absolute Gasteiger partial charge is 0.252 e. The zero-order valence-corrected chi connectivity index (χ0v) is 11.8. The largest absolute Gasteiger partial charge is 0.502 e. The number of hydrogen-bond acceptors (Lipinski definition) is 3. The average molecular weight is 314 g/mol. The maximum Gasteiger partial charge on any atom is 0.252 e. The quantitative estimate of drug-likeness (QED) is 0.622. The van der Waals surface area contributed by atoms with Gasteiger partial charge in [0.15, 0.2) is 0 Å². The molecule has 4 nitrogen and oxygen atoms in total. The molecular formula is C13H16BrNO3. The molecule has 1 aromatic rings. The van der Waals surface area contributed by atoms with Gasteiger partial charge in [-0.05, 0) is 40.5 Å². The molecule has 0 saturated carbocycles. The number of halogens is 1. The van der Waals surface area contributed by atoms with Gasteiger partial charge in [0.2, 0.25) is 0 Å². The van der Waals surface area contributed by atoms with Crippen molar-refractivity contribution in [1.82, 2.24) is 5.32 Å². The van der Waals surface area contributed by atoms with Crippen LogP contribution in [-0.2, 0) is 4.74 Å². The van der Waals surface area contributed by atoms with Crippen molar-refractivity contribution < 1.29 is 14.3 Å². The lowest BCUT2D eigenvalue weighted by Gasteiger charge is -2.08. The van der Waals surface area contributed by atoms with Crippen molar-refractivity contribution in [2.45, 2.75) is 6.42 Å². The van der Waals surface area contributed by atoms with Crippen molar-refractivity contribution >= 4 is 21.8 Å². The summed E-state index contributed by atoms with van der Waals surface area (Å²) in [7, 11) is 1.57. The highest BCUT2D eigenvalue weighted by Crippen LogP contribution is 2.22. The lowest BCUT2D eigenvalue weighted by Crippen LogP contribution is -2.25. The molecule has 0 heterocycles. The molecule has 1 amide bonds. The fourth-order valence-electron chi connectivity index (χ4n) is 1.34. The zero-order valence-electron chi connectivity index (χ0n) is 10.2. The first kappa shape index (κ1) is 14.6. The Kier molecular flexibility index (Phi) is 6.28. The van der Waals surface area contributed by atoms with E-state index < -0.39 is 0 Å². The van der Waals surface area contributed by atoms with Gasteiger partial charge in [0.05, 0.1) is 25.5 Å². The molecule has 0 unspecified atom stereocenters. The van der Waals surface area contributed by atoms with Gasteiger partial charge in [0, 0.05) is 11.0 Å². The van der Waals surface area contributed by atoms with Crippen LogP contribution in [0.3, 0.4) is 0 Å². The molecule has 0 fully saturated rings. The predicted octanol–water partition coefficient (Wildman–Crippen LogP) is 2.74. The van der Waals surface area contributed by atoms with Crippen molar-refractivity contribution in [3.8, 4) is 5.75 Å². The normalized spacial score (nSPS) is 9.67. The second-order valence-electron chi connectivity index (χ2n) is 3.49. The summed E-state index contributed by atoms with van der Waals surface area (Å²) in [6.45, 7) is 4.54. The van der Waals surface area contributed by atoms with Gasteiger partial charge >= 0.3 is 0 Å². The fraction of sp³-hybridized carbons (Fsp3) is 0.308. The number of ether oxygens (including phenoxy) is 2. The van der Waals surface area contributed by atoms with Gasteiger partial charge in [0.1, 0.15) is 5.75 Å². The van der Waals surface area contributed by atoms with Crippen LogP contribution in [0.15, 0.2) is 35.5 Å². The summed E-state index contributed by atoms with van der Waals surface area (Å²) in [5, 5.41) is 2.81. The number of nitrogens with one attached hydrogen (secondary N) is 1. The summed E-state index contributed by atoms with van der Waals surface area (Å²) < 4.78 is 10.8. The third-order valence-corrected chi connectivity index (χ3v) is 2.95. The van der Waals surface area contributed by atoms with Crippen LogP contribution >= 0.6 is 15.9 Å². The maximum absolute atomic E-state index is 11.9. The number of rotatable bonds is 7. The lowest BCUT2D eigenvalue weighted by atomic mass is 10.2. The summed E-state index contributed by atoms with van der Waals surface area (Å²) in [6.07, 6.45) is 2.12. The van der Waals surface area contributed by atoms with Gasteiger partial charge in [-0.3, -0.25) is 4.79 Å². The molecule has 18 heavy (non-hydrogen) atoms. The number of benzene rings is 1. The van der Waals surface area contributed by atoms with E-state index >= 15 is 0 Å². The number of carbonyl (C=O) groups excluding carboxylic acids is 1. The maximum atomic E-state index is 11.9. The summed E-state index contributed by atoms with van der Waals surface area (Å²) in [5.74, 6) is 0.512. The SMILES string of the molecule is C=COCCCNC(=O)c1cc(OC)ccc1Br. The Morgan fingerprint density at radius 2 is 2.33 bits per heavy atom. The molecule has 1 N–H and O–H groups in total. The molecule has 0 aromatic heterocycles. The van der Waals surface area contributed by atoms with Crippen molar-refractivity contribution in [1.29, 1.82) is 0 Å². The van der Waals surface area contributed by atoms with Crippen LogP contribution in [0.1, 0.15) is 16.8 Å². The molecule has 0 atom stereocenters. The highest BCUT2D eigenvalue weighted by molar-refractivity contribution is 9.10. The highest BCUT2D eigenvalue weighted by Gasteiger charge is 2.10. The molecule has 0 aliphatic heterocycles. The number of carbonyl (C=O) groups is 1. The van der Waals surface area contributed by atoms with Crippen LogP contribution in [0.5, 0.6) is 5.75 Å². The molecule has 1 aromatic carbocycles. The standard InChI is InChI=1S/C13H16BrNO3/c1-3-18-8-4-7-15-13(16)11-9-10(17-2)5-6-12(11)14/h3,5-6,9H,1,4,7-8H2,2H3,(H,15,16). The Morgan fingerprint density at radius 3 is 3.00 bits per heavy atom. The van der Waals surface area contributed by atoms with Gasteiger partial charge in [-0.15, -0.1) is 0 Å². The average Bonchev–Trinajstić information content (AvgIpc) is 2.39. The number of amides is 1. The van der Waals surface area contributed by atoms with Crippen LogP contribution in [0.4, 0.5) is 0 Å². The van der Waals surface area contributed by atoms with Crippen LogP contribution in [-0.4, -0.2) is 26.2 Å². The van der Waals surface area contributed by atoms with Crippen molar-refractivity contribution in [3.05, 3.63) is 41.1 Å². The molecule has 0 aliphatic rings. The topological polar surface area (TPSA) is 47.6 Å². The Labute approximate surface area is 115 Å². The summed E-state index contributed by atoms with van der Waals surface area (Å²) >= 11 is 3.34. The second-order valence-corrected chi connectivity index (χ2v) is 4.35. The third-order valence-electron chi connectivity index (χ3n) is 2.26. The lowest BCUT2D eigenvalue weighted by molar-refractivity contribution is 0.0949. The number of hydrogen-bond donors (Lipinski definition) is 1. The number of methoxy groups -OCH3 is 1. The van der Waals surface area contributed by atoms with Gasteiger partial charge in [-0.2, -0.15) is 0 Å². The first-order chi connectivity index (χ1) is 8.69. The molecule has 0 bridgehead atoms. The van der Waals surface area contributed by atoms with Crippen molar-refractivity contribution in [3.63, 3.8) is 0 Å². The predicted molar refractivity (Wildman–Crippen MR) is 73.8 cm³/mol. The highest BCUT2D eigenvalue weighted by atomic mass is 79.9. The summed E-state index contributed by atoms with van der Waals surface area (Å²) in [5.41, 5.74) is 0.555. The fourth-order valence-corrected chi connectivity index (χ4v) is 1.77. The molecular weight excluding hydrogens is 298 g/mol. The van der Waals surface area contributed by atoms with Crippen molar-refractivity contribution in [2.75, 3.05) is 20.3 Å². The Hall–Kier alpha value is -1.49. The van der Waals surface area contributed by atoms with E-state index in [1.807, 2.05) is 0 Å². The molecule has 0 aliphatic carbocycles. The van der Waals surface area contributed by atoms with Crippen LogP contribution in [0.25, 0.3) is 0 Å². The van der Waals surface area contributed by atoms with Gasteiger partial charge < -0.3 is 14.8 Å². The van der Waals surface area contributed by atoms with Gasteiger partial charge in [-0.25, -0.2) is 0 Å². The van der Waals surface area contributed by atoms with Crippen molar-refractivity contribution in [2.24, 2.45) is 0 Å². The Balaban J connectivity index is 2.52. The molecule has 0 radical (unpaired) electrons. The van der Waals surface area contributed by atoms with E-state index in [0.717, 1.165) is 10.9 Å². The van der Waals surface area contributed by atoms with E-state index in [4.69, 9.17) is 9.47 Å². The van der Waals surface area contributed by atoms with E-state index in [9.17, 15) is 4.79 Å². The van der Waals surface area contributed by atoms with E-state index in [2.05, 4.69) is 27.8 Å². The Morgan fingerprint density at radius 1 is 1.56 bits per heavy atom. The van der Waals surface area contributed by atoms with E-state index in [1.165, 1.54) is 6.26 Å². The Bertz CT molecular complexity index is 421.